The van der Waals surface area contributed by atoms with Crippen LogP contribution in [0.4, 0.5) is 0 Å². The van der Waals surface area contributed by atoms with Crippen molar-refractivity contribution in [2.24, 2.45) is 28.6 Å². The van der Waals surface area contributed by atoms with Gasteiger partial charge >= 0.3 is 0 Å². The summed E-state index contributed by atoms with van der Waals surface area (Å²) in [6, 6.07) is -0.655. The van der Waals surface area contributed by atoms with E-state index in [4.69, 9.17) is 0 Å². The van der Waals surface area contributed by atoms with E-state index < -0.39 is 70.3 Å². The van der Waals surface area contributed by atoms with Crippen LogP contribution in [0, 0.1) is 28.6 Å². The molecule has 51 heavy (non-hydrogen) atoms. The minimum atomic E-state index is -1.02. The number of hydrogen-bond acceptors (Lipinski definition) is 7. The normalized spacial score (nSPS) is 21.9. The van der Waals surface area contributed by atoms with E-state index in [2.05, 4.69) is 32.8 Å². The number of amides is 5. The summed E-state index contributed by atoms with van der Waals surface area (Å²) in [6.07, 6.45) is 11.7. The molecule has 1 saturated heterocycles. The van der Waals surface area contributed by atoms with E-state index in [0.717, 1.165) is 44.9 Å². The average molecular weight is 707 g/mol. The van der Waals surface area contributed by atoms with Crippen molar-refractivity contribution in [3.63, 3.8) is 0 Å². The van der Waals surface area contributed by atoms with Crippen molar-refractivity contribution in [2.75, 3.05) is 13.1 Å². The minimum absolute atomic E-state index is 0.0359. The smallest absolute Gasteiger partial charge is 0.289 e. The fourth-order valence-electron chi connectivity index (χ4n) is 7.65. The molecule has 1 aliphatic heterocycles. The molecule has 1 unspecified atom stereocenters. The maximum atomic E-state index is 14.7. The summed E-state index contributed by atoms with van der Waals surface area (Å²) in [6.45, 7) is 15.6. The predicted molar refractivity (Wildman–Crippen MR) is 194 cm³/mol. The second-order valence-corrected chi connectivity index (χ2v) is 16.4. The molecule has 5 amide bonds. The summed E-state index contributed by atoms with van der Waals surface area (Å²) in [5, 5.41) is 11.4. The highest BCUT2D eigenvalue weighted by Gasteiger charge is 2.49. The summed E-state index contributed by atoms with van der Waals surface area (Å²) in [7, 11) is 0. The van der Waals surface area contributed by atoms with Crippen LogP contribution >= 0.6 is 0 Å². The summed E-state index contributed by atoms with van der Waals surface area (Å²) in [5.41, 5.74) is -0.908. The van der Waals surface area contributed by atoms with Crippen molar-refractivity contribution >= 4 is 35.3 Å². The van der Waals surface area contributed by atoms with Crippen molar-refractivity contribution in [3.8, 4) is 0 Å². The molecular formula is C39H58N6O6. The summed E-state index contributed by atoms with van der Waals surface area (Å²) < 4.78 is 0. The Labute approximate surface area is 302 Å². The first kappa shape index (κ1) is 39.7. The number of carbonyl (C=O) groups excluding carboxylic acids is 6. The number of hydrogen-bond donors (Lipinski definition) is 4. The van der Waals surface area contributed by atoms with Crippen LogP contribution in [0.1, 0.15) is 110 Å². The zero-order valence-electron chi connectivity index (χ0n) is 31.3. The van der Waals surface area contributed by atoms with Crippen LogP contribution in [0.25, 0.3) is 0 Å². The maximum Gasteiger partial charge on any atom is 0.289 e. The molecule has 12 heteroatoms. The molecule has 4 N–H and O–H groups in total. The van der Waals surface area contributed by atoms with E-state index in [1.165, 1.54) is 18.5 Å². The highest BCUT2D eigenvalue weighted by Crippen LogP contribution is 2.40. The summed E-state index contributed by atoms with van der Waals surface area (Å²) in [5.74, 6) is -3.15. The van der Waals surface area contributed by atoms with Crippen LogP contribution in [-0.4, -0.2) is 82.5 Å². The quantitative estimate of drug-likeness (QED) is 0.159. The van der Waals surface area contributed by atoms with Crippen LogP contribution < -0.4 is 21.3 Å². The molecule has 3 fully saturated rings. The van der Waals surface area contributed by atoms with Gasteiger partial charge in [0, 0.05) is 31.0 Å². The van der Waals surface area contributed by atoms with Gasteiger partial charge in [0.15, 0.2) is 0 Å². The maximum absolute atomic E-state index is 14.7. The topological polar surface area (TPSA) is 167 Å². The van der Waals surface area contributed by atoms with E-state index in [-0.39, 0.29) is 24.3 Å². The fraction of sp³-hybridized carbons (Fsp3) is 0.667. The lowest BCUT2D eigenvalue weighted by atomic mass is 9.70. The zero-order chi connectivity index (χ0) is 37.5. The molecule has 0 spiro atoms. The van der Waals surface area contributed by atoms with Gasteiger partial charge in [0.05, 0.1) is 6.04 Å². The first-order valence-electron chi connectivity index (χ1n) is 18.6. The first-order valence-corrected chi connectivity index (χ1v) is 18.6. The van der Waals surface area contributed by atoms with E-state index >= 15 is 0 Å². The Morgan fingerprint density at radius 1 is 0.980 bits per heavy atom. The second-order valence-electron chi connectivity index (χ2n) is 16.4. The molecule has 3 aliphatic rings. The number of likely N-dealkylation sites (tertiary alicyclic amines) is 1. The summed E-state index contributed by atoms with van der Waals surface area (Å²) in [4.78, 5) is 88.0. The monoisotopic (exact) mass is 706 g/mol. The third kappa shape index (κ3) is 10.0. The van der Waals surface area contributed by atoms with Gasteiger partial charge in [-0.25, -0.2) is 0 Å². The molecule has 280 valence electrons. The molecule has 2 aliphatic carbocycles. The highest BCUT2D eigenvalue weighted by atomic mass is 16.2. The lowest BCUT2D eigenvalue weighted by Crippen LogP contribution is -2.63. The number of nitrogens with one attached hydrogen (secondary N) is 4. The molecule has 5 atom stereocenters. The number of aromatic nitrogens is 1. The first-order chi connectivity index (χ1) is 24.1. The molecule has 2 heterocycles. The Morgan fingerprint density at radius 3 is 2.20 bits per heavy atom. The lowest BCUT2D eigenvalue weighted by molar-refractivity contribution is -0.146. The SMILES string of the molecule is C=CCNC(=O)C(=O)C(CC1CC1)NC(=O)[C@@H]1[C@@H](C(C)C)CCN1C(=O)[C@@H](NC(=O)[C@@H](NC(=O)c1ccncc1)C1(C)CCCCC1)C(C)(C)C. The Kier molecular flexibility index (Phi) is 13.2. The second kappa shape index (κ2) is 17.0. The molecular weight excluding hydrogens is 648 g/mol. The van der Waals surface area contributed by atoms with Gasteiger partial charge in [0.1, 0.15) is 18.1 Å². The third-order valence-corrected chi connectivity index (χ3v) is 11.0. The van der Waals surface area contributed by atoms with Crippen molar-refractivity contribution in [1.82, 2.24) is 31.2 Å². The van der Waals surface area contributed by atoms with Crippen LogP contribution in [0.3, 0.4) is 0 Å². The number of pyridine rings is 1. The van der Waals surface area contributed by atoms with Crippen molar-refractivity contribution < 1.29 is 28.8 Å². The van der Waals surface area contributed by atoms with Crippen molar-refractivity contribution in [3.05, 3.63) is 42.7 Å². The van der Waals surface area contributed by atoms with Gasteiger partial charge in [-0.2, -0.15) is 0 Å². The van der Waals surface area contributed by atoms with Crippen molar-refractivity contribution in [1.29, 1.82) is 0 Å². The molecule has 2 saturated carbocycles. The molecule has 12 nitrogen and oxygen atoms in total. The zero-order valence-corrected chi connectivity index (χ0v) is 31.3. The van der Waals surface area contributed by atoms with Gasteiger partial charge < -0.3 is 26.2 Å². The fourth-order valence-corrected chi connectivity index (χ4v) is 7.65. The lowest BCUT2D eigenvalue weighted by Gasteiger charge is -2.42. The van der Waals surface area contributed by atoms with Gasteiger partial charge in [-0.05, 0) is 66.4 Å². The molecule has 4 rings (SSSR count). The number of carbonyl (C=O) groups is 6. The molecule has 0 radical (unpaired) electrons. The Morgan fingerprint density at radius 2 is 1.63 bits per heavy atom. The van der Waals surface area contributed by atoms with Gasteiger partial charge in [-0.15, -0.1) is 6.58 Å². The standard InChI is InChI=1S/C39H58N6O6/c1-8-19-41-35(49)30(46)28(23-25-12-13-25)42-34(48)29-27(24(2)3)16-22-45(29)37(51)32(38(4,5)6)44-36(50)31(39(7)17-10-9-11-18-39)43-33(47)26-14-20-40-21-15-26/h8,14-15,20-21,24-25,27-29,31-32H,1,9-13,16-19,22-23H2,2-7H3,(H,41,49)(H,42,48)(H,43,47)(H,44,50)/t27-,28?,29+,31-,32-/m1/s1. The Hall–Kier alpha value is -4.09. The van der Waals surface area contributed by atoms with Crippen LogP contribution in [-0.2, 0) is 24.0 Å². The third-order valence-electron chi connectivity index (χ3n) is 11.0. The predicted octanol–water partition coefficient (Wildman–Crippen LogP) is 3.71. The van der Waals surface area contributed by atoms with Gasteiger partial charge in [-0.3, -0.25) is 33.8 Å². The Bertz CT molecular complexity index is 1450. The van der Waals surface area contributed by atoms with Crippen molar-refractivity contribution in [2.45, 2.75) is 123 Å². The van der Waals surface area contributed by atoms with Gasteiger partial charge in [-0.1, -0.05) is 79.7 Å². The molecule has 0 bridgehead atoms. The van der Waals surface area contributed by atoms with E-state index in [1.54, 1.807) is 17.0 Å². The molecule has 1 aromatic heterocycles. The van der Waals surface area contributed by atoms with Gasteiger partial charge in [0.2, 0.25) is 23.5 Å². The number of rotatable bonds is 15. The number of ketones is 1. The van der Waals surface area contributed by atoms with Crippen LogP contribution in [0.15, 0.2) is 37.2 Å². The van der Waals surface area contributed by atoms with Crippen LogP contribution in [0.5, 0.6) is 0 Å². The average Bonchev–Trinajstić information content (AvgIpc) is 3.80. The van der Waals surface area contributed by atoms with Gasteiger partial charge in [0.25, 0.3) is 11.8 Å². The molecule has 1 aromatic rings. The minimum Gasteiger partial charge on any atom is -0.346 e. The molecule has 0 aromatic carbocycles. The number of Topliss-reactive ketones (excluding diaryl/α,β-unsaturated/α-hetero) is 1. The Balaban J connectivity index is 1.60. The van der Waals surface area contributed by atoms with E-state index in [1.807, 2.05) is 41.5 Å². The summed E-state index contributed by atoms with van der Waals surface area (Å²) >= 11 is 0. The largest absolute Gasteiger partial charge is 0.346 e. The highest BCUT2D eigenvalue weighted by molar-refractivity contribution is 6.38. The number of nitrogens with zero attached hydrogens (tertiary/aromatic N) is 2. The van der Waals surface area contributed by atoms with Crippen LogP contribution in [0.2, 0.25) is 0 Å². The van der Waals surface area contributed by atoms with E-state index in [9.17, 15) is 28.8 Å². The van der Waals surface area contributed by atoms with E-state index in [0.29, 0.717) is 24.9 Å².